The van der Waals surface area contributed by atoms with Crippen molar-refractivity contribution in [3.63, 3.8) is 0 Å². The van der Waals surface area contributed by atoms with Gasteiger partial charge in [0.2, 0.25) is 0 Å². The molecule has 2 aromatic carbocycles. The van der Waals surface area contributed by atoms with Crippen LogP contribution in [0.25, 0.3) is 10.1 Å². The summed E-state index contributed by atoms with van der Waals surface area (Å²) in [5, 5.41) is 3.67. The zero-order chi connectivity index (χ0) is 22.5. The van der Waals surface area contributed by atoms with Crippen molar-refractivity contribution in [2.24, 2.45) is 0 Å². The van der Waals surface area contributed by atoms with E-state index in [-0.39, 0.29) is 19.1 Å². The van der Waals surface area contributed by atoms with Crippen LogP contribution in [0.3, 0.4) is 0 Å². The predicted octanol–water partition coefficient (Wildman–Crippen LogP) is 3.18. The van der Waals surface area contributed by atoms with E-state index in [1.54, 1.807) is 4.90 Å². The van der Waals surface area contributed by atoms with Gasteiger partial charge in [-0.15, -0.1) is 11.3 Å². The van der Waals surface area contributed by atoms with Crippen LogP contribution in [0, 0.1) is 0 Å². The highest BCUT2D eigenvalue weighted by atomic mass is 35.5. The molecule has 0 bridgehead atoms. The SMILES string of the molecule is O=C(CNC(=O)c1sc2ccccc2c1Cl)OCC(=O)N1CCN(c2ccccc2)CC1. The molecule has 0 radical (unpaired) electrons. The van der Waals surface area contributed by atoms with E-state index in [2.05, 4.69) is 10.2 Å². The molecule has 1 aliphatic heterocycles. The highest BCUT2D eigenvalue weighted by Crippen LogP contribution is 2.34. The summed E-state index contributed by atoms with van der Waals surface area (Å²) in [6, 6.07) is 17.5. The van der Waals surface area contributed by atoms with E-state index < -0.39 is 11.9 Å². The van der Waals surface area contributed by atoms with Gasteiger partial charge in [-0.25, -0.2) is 0 Å². The van der Waals surface area contributed by atoms with Gasteiger partial charge in [-0.2, -0.15) is 0 Å². The molecular weight excluding hydrogens is 450 g/mol. The Morgan fingerprint density at radius 3 is 2.38 bits per heavy atom. The van der Waals surface area contributed by atoms with Gasteiger partial charge in [0, 0.05) is 42.0 Å². The first-order chi connectivity index (χ1) is 15.5. The van der Waals surface area contributed by atoms with Gasteiger partial charge in [-0.05, 0) is 18.2 Å². The Balaban J connectivity index is 1.20. The lowest BCUT2D eigenvalue weighted by molar-refractivity contribution is -0.151. The normalized spacial score (nSPS) is 13.8. The van der Waals surface area contributed by atoms with Crippen LogP contribution in [0.1, 0.15) is 9.67 Å². The summed E-state index contributed by atoms with van der Waals surface area (Å²) >= 11 is 7.54. The fourth-order valence-electron chi connectivity index (χ4n) is 3.53. The minimum Gasteiger partial charge on any atom is -0.454 e. The van der Waals surface area contributed by atoms with E-state index in [4.69, 9.17) is 16.3 Å². The van der Waals surface area contributed by atoms with Gasteiger partial charge in [-0.3, -0.25) is 14.4 Å². The summed E-state index contributed by atoms with van der Waals surface area (Å²) in [4.78, 5) is 41.0. The molecule has 1 aromatic heterocycles. The number of rotatable bonds is 6. The summed E-state index contributed by atoms with van der Waals surface area (Å²) in [7, 11) is 0. The molecule has 0 saturated carbocycles. The standard InChI is InChI=1S/C23H22ClN3O4S/c24-21-17-8-4-5-9-18(17)32-22(21)23(30)25-14-20(29)31-15-19(28)27-12-10-26(11-13-27)16-6-2-1-3-7-16/h1-9H,10-15H2,(H,25,30). The lowest BCUT2D eigenvalue weighted by Gasteiger charge is -2.36. The number of nitrogens with one attached hydrogen (secondary N) is 1. The van der Waals surface area contributed by atoms with Crippen molar-refractivity contribution in [2.45, 2.75) is 0 Å². The Hall–Kier alpha value is -3.10. The summed E-state index contributed by atoms with van der Waals surface area (Å²) in [6.07, 6.45) is 0. The largest absolute Gasteiger partial charge is 0.454 e. The lowest BCUT2D eigenvalue weighted by atomic mass is 10.2. The van der Waals surface area contributed by atoms with Crippen LogP contribution in [0.5, 0.6) is 0 Å². The van der Waals surface area contributed by atoms with Crippen LogP contribution in [0.15, 0.2) is 54.6 Å². The molecule has 0 spiro atoms. The van der Waals surface area contributed by atoms with Crippen molar-refractivity contribution in [2.75, 3.05) is 44.2 Å². The predicted molar refractivity (Wildman–Crippen MR) is 125 cm³/mol. The van der Waals surface area contributed by atoms with E-state index in [9.17, 15) is 14.4 Å². The topological polar surface area (TPSA) is 78.9 Å². The van der Waals surface area contributed by atoms with Gasteiger partial charge in [0.25, 0.3) is 11.8 Å². The quantitative estimate of drug-likeness (QED) is 0.559. The fourth-order valence-corrected chi connectivity index (χ4v) is 4.96. The van der Waals surface area contributed by atoms with Crippen LogP contribution in [0.2, 0.25) is 5.02 Å². The van der Waals surface area contributed by atoms with Crippen LogP contribution in [-0.2, 0) is 14.3 Å². The number of ether oxygens (including phenoxy) is 1. The number of piperazine rings is 1. The number of thiophene rings is 1. The van der Waals surface area contributed by atoms with Crippen molar-refractivity contribution in [3.8, 4) is 0 Å². The zero-order valence-corrected chi connectivity index (χ0v) is 18.8. The summed E-state index contributed by atoms with van der Waals surface area (Å²) in [5.41, 5.74) is 1.13. The van der Waals surface area contributed by atoms with Crippen molar-refractivity contribution in [1.29, 1.82) is 0 Å². The van der Waals surface area contributed by atoms with E-state index in [0.717, 1.165) is 28.9 Å². The van der Waals surface area contributed by atoms with Crippen LogP contribution in [-0.4, -0.2) is 62.0 Å². The van der Waals surface area contributed by atoms with E-state index in [0.29, 0.717) is 23.0 Å². The summed E-state index contributed by atoms with van der Waals surface area (Å²) in [5.74, 6) is -1.37. The van der Waals surface area contributed by atoms with Crippen LogP contribution >= 0.6 is 22.9 Å². The smallest absolute Gasteiger partial charge is 0.325 e. The number of carbonyl (C=O) groups is 3. The molecule has 1 saturated heterocycles. The number of anilines is 1. The number of carbonyl (C=O) groups excluding carboxylic acids is 3. The summed E-state index contributed by atoms with van der Waals surface area (Å²) in [6.45, 7) is 1.88. The number of hydrogen-bond donors (Lipinski definition) is 1. The molecule has 2 heterocycles. The highest BCUT2D eigenvalue weighted by molar-refractivity contribution is 7.21. The molecule has 0 unspecified atom stereocenters. The first kappa shape index (κ1) is 22.1. The van der Waals surface area contributed by atoms with Crippen LogP contribution in [0.4, 0.5) is 5.69 Å². The second-order valence-corrected chi connectivity index (χ2v) is 8.72. The third-order valence-electron chi connectivity index (χ3n) is 5.24. The Bertz CT molecular complexity index is 1130. The van der Waals surface area contributed by atoms with Crippen molar-refractivity contribution in [1.82, 2.24) is 10.2 Å². The second kappa shape index (κ2) is 10.0. The molecule has 1 fully saturated rings. The fraction of sp³-hybridized carbons (Fsp3) is 0.261. The average Bonchev–Trinajstić information content (AvgIpc) is 3.18. The first-order valence-electron chi connectivity index (χ1n) is 10.2. The van der Waals surface area contributed by atoms with E-state index in [1.165, 1.54) is 11.3 Å². The number of hydrogen-bond acceptors (Lipinski definition) is 6. The third kappa shape index (κ3) is 5.03. The van der Waals surface area contributed by atoms with Gasteiger partial charge >= 0.3 is 5.97 Å². The molecule has 0 aliphatic carbocycles. The van der Waals surface area contributed by atoms with Gasteiger partial charge in [0.1, 0.15) is 11.4 Å². The van der Waals surface area contributed by atoms with E-state index in [1.807, 2.05) is 54.6 Å². The number of para-hydroxylation sites is 1. The minimum absolute atomic E-state index is 0.245. The number of esters is 1. The zero-order valence-electron chi connectivity index (χ0n) is 17.3. The van der Waals surface area contributed by atoms with Crippen LogP contribution < -0.4 is 10.2 Å². The maximum absolute atomic E-state index is 12.4. The molecule has 1 aliphatic rings. The van der Waals surface area contributed by atoms with Crippen molar-refractivity contribution >= 4 is 56.5 Å². The molecule has 166 valence electrons. The average molecular weight is 472 g/mol. The molecular formula is C23H22ClN3O4S. The number of fused-ring (bicyclic) bond motifs is 1. The Morgan fingerprint density at radius 2 is 1.66 bits per heavy atom. The third-order valence-corrected chi connectivity index (χ3v) is 6.92. The number of amides is 2. The molecule has 3 aromatic rings. The second-order valence-electron chi connectivity index (χ2n) is 7.29. The lowest BCUT2D eigenvalue weighted by Crippen LogP contribution is -2.50. The number of nitrogens with zero attached hydrogens (tertiary/aromatic N) is 2. The Morgan fingerprint density at radius 1 is 0.969 bits per heavy atom. The molecule has 32 heavy (non-hydrogen) atoms. The molecule has 9 heteroatoms. The molecule has 7 nitrogen and oxygen atoms in total. The Kier molecular flexibility index (Phi) is 6.92. The maximum atomic E-state index is 12.4. The van der Waals surface area contributed by atoms with Gasteiger partial charge in [0.15, 0.2) is 6.61 Å². The number of halogens is 1. The Labute approximate surface area is 194 Å². The van der Waals surface area contributed by atoms with Crippen molar-refractivity contribution in [3.05, 3.63) is 64.5 Å². The maximum Gasteiger partial charge on any atom is 0.325 e. The molecule has 2 amide bonds. The van der Waals surface area contributed by atoms with E-state index >= 15 is 0 Å². The summed E-state index contributed by atoms with van der Waals surface area (Å²) < 4.78 is 5.95. The van der Waals surface area contributed by atoms with Gasteiger partial charge in [0.05, 0.1) is 5.02 Å². The minimum atomic E-state index is -0.674. The highest BCUT2D eigenvalue weighted by Gasteiger charge is 2.23. The first-order valence-corrected chi connectivity index (χ1v) is 11.4. The molecule has 4 rings (SSSR count). The number of benzene rings is 2. The van der Waals surface area contributed by atoms with Crippen molar-refractivity contribution < 1.29 is 19.1 Å². The van der Waals surface area contributed by atoms with Gasteiger partial charge < -0.3 is 19.9 Å². The monoisotopic (exact) mass is 471 g/mol. The molecule has 0 atom stereocenters. The van der Waals surface area contributed by atoms with Gasteiger partial charge in [-0.1, -0.05) is 48.0 Å². The molecule has 1 N–H and O–H groups in total.